The van der Waals surface area contributed by atoms with Crippen LogP contribution in [-0.2, 0) is 0 Å². The van der Waals surface area contributed by atoms with Crippen LogP contribution in [0.15, 0.2) is 12.1 Å². The second kappa shape index (κ2) is 6.06. The minimum absolute atomic E-state index is 0.174. The fraction of sp³-hybridized carbons (Fsp3) is 0.571. The van der Waals surface area contributed by atoms with E-state index in [1.807, 2.05) is 13.8 Å². The molecule has 1 aliphatic rings. The Labute approximate surface area is 117 Å². The van der Waals surface area contributed by atoms with Crippen molar-refractivity contribution in [2.75, 3.05) is 13.1 Å². The minimum Gasteiger partial charge on any atom is -0.485 e. The summed E-state index contributed by atoms with van der Waals surface area (Å²) in [6, 6.07) is 2.05. The van der Waals surface area contributed by atoms with E-state index in [2.05, 4.69) is 5.32 Å². The summed E-state index contributed by atoms with van der Waals surface area (Å²) in [5.74, 6) is -0.970. The van der Waals surface area contributed by atoms with Gasteiger partial charge in [-0.2, -0.15) is 0 Å². The third kappa shape index (κ3) is 3.18. The molecule has 19 heavy (non-hydrogen) atoms. The van der Waals surface area contributed by atoms with Crippen molar-refractivity contribution in [3.63, 3.8) is 0 Å². The van der Waals surface area contributed by atoms with Crippen LogP contribution in [0.2, 0.25) is 5.02 Å². The predicted molar refractivity (Wildman–Crippen MR) is 71.6 cm³/mol. The van der Waals surface area contributed by atoms with E-state index in [1.54, 1.807) is 0 Å². The molecule has 1 saturated heterocycles. The van der Waals surface area contributed by atoms with E-state index < -0.39 is 11.6 Å². The maximum atomic E-state index is 13.7. The van der Waals surface area contributed by atoms with E-state index >= 15 is 0 Å². The van der Waals surface area contributed by atoms with Gasteiger partial charge in [0, 0.05) is 12.5 Å². The van der Waals surface area contributed by atoms with Crippen molar-refractivity contribution in [3.05, 3.63) is 28.8 Å². The van der Waals surface area contributed by atoms with E-state index in [4.69, 9.17) is 16.3 Å². The molecule has 106 valence electrons. The first kappa shape index (κ1) is 14.5. The molecule has 0 aromatic heterocycles. The number of ether oxygens (including phenoxy) is 1. The van der Waals surface area contributed by atoms with Crippen molar-refractivity contribution in [1.29, 1.82) is 0 Å². The Morgan fingerprint density at radius 3 is 2.58 bits per heavy atom. The molecule has 0 radical (unpaired) electrons. The minimum atomic E-state index is -0.662. The Kier molecular flexibility index (Phi) is 4.63. The molecule has 1 N–H and O–H groups in total. The quantitative estimate of drug-likeness (QED) is 0.855. The highest BCUT2D eigenvalue weighted by Gasteiger charge is 2.30. The first-order valence-corrected chi connectivity index (χ1v) is 6.89. The van der Waals surface area contributed by atoms with Gasteiger partial charge in [0.15, 0.2) is 11.6 Å². The molecule has 0 aliphatic carbocycles. The summed E-state index contributed by atoms with van der Waals surface area (Å²) >= 11 is 5.80. The van der Waals surface area contributed by atoms with Gasteiger partial charge in [0.25, 0.3) is 0 Å². The standard InChI is InChI=1S/C14H18ClF2NO/c1-8(2)13(9-5-6-18-7-9)19-14-11(17)4-3-10(16)12(14)15/h3-4,8-9,13,18H,5-7H2,1-2H3/t9?,13-/m0/s1. The van der Waals surface area contributed by atoms with Gasteiger partial charge in [-0.15, -0.1) is 0 Å². The summed E-state index contributed by atoms with van der Waals surface area (Å²) in [5, 5.41) is 2.97. The zero-order valence-electron chi connectivity index (χ0n) is 11.1. The molecule has 1 aromatic rings. The maximum absolute atomic E-state index is 13.7. The van der Waals surface area contributed by atoms with Gasteiger partial charge < -0.3 is 10.1 Å². The number of nitrogens with one attached hydrogen (secondary N) is 1. The monoisotopic (exact) mass is 289 g/mol. The van der Waals surface area contributed by atoms with Crippen LogP contribution in [0.25, 0.3) is 0 Å². The molecular weight excluding hydrogens is 272 g/mol. The molecule has 0 bridgehead atoms. The van der Waals surface area contributed by atoms with Crippen LogP contribution in [0.3, 0.4) is 0 Å². The van der Waals surface area contributed by atoms with Crippen LogP contribution in [-0.4, -0.2) is 19.2 Å². The van der Waals surface area contributed by atoms with Crippen LogP contribution < -0.4 is 10.1 Å². The van der Waals surface area contributed by atoms with Crippen LogP contribution in [0.1, 0.15) is 20.3 Å². The molecule has 0 saturated carbocycles. The summed E-state index contributed by atoms with van der Waals surface area (Å²) in [5.41, 5.74) is 0. The average molecular weight is 290 g/mol. The van der Waals surface area contributed by atoms with Crippen molar-refractivity contribution < 1.29 is 13.5 Å². The number of hydrogen-bond acceptors (Lipinski definition) is 2. The lowest BCUT2D eigenvalue weighted by atomic mass is 9.92. The van der Waals surface area contributed by atoms with Crippen molar-refractivity contribution >= 4 is 11.6 Å². The Bertz CT molecular complexity index is 447. The number of hydrogen-bond donors (Lipinski definition) is 1. The smallest absolute Gasteiger partial charge is 0.176 e. The molecule has 2 rings (SSSR count). The van der Waals surface area contributed by atoms with E-state index in [0.717, 1.165) is 31.6 Å². The number of rotatable bonds is 4. The Morgan fingerprint density at radius 2 is 2.00 bits per heavy atom. The van der Waals surface area contributed by atoms with Gasteiger partial charge in [-0.1, -0.05) is 25.4 Å². The number of benzene rings is 1. The van der Waals surface area contributed by atoms with Crippen molar-refractivity contribution in [2.24, 2.45) is 11.8 Å². The Hall–Kier alpha value is -0.870. The SMILES string of the molecule is CC(C)[C@H](Oc1c(F)ccc(F)c1Cl)C1CCNC1. The van der Waals surface area contributed by atoms with E-state index in [-0.39, 0.29) is 22.8 Å². The van der Waals surface area contributed by atoms with Gasteiger partial charge in [0.2, 0.25) is 0 Å². The van der Waals surface area contributed by atoms with Gasteiger partial charge in [-0.25, -0.2) is 8.78 Å². The largest absolute Gasteiger partial charge is 0.485 e. The van der Waals surface area contributed by atoms with E-state index in [0.29, 0.717) is 5.92 Å². The summed E-state index contributed by atoms with van der Waals surface area (Å²) in [6.07, 6.45) is 0.793. The molecule has 0 spiro atoms. The zero-order valence-corrected chi connectivity index (χ0v) is 11.8. The average Bonchev–Trinajstić information content (AvgIpc) is 2.87. The summed E-state index contributed by atoms with van der Waals surface area (Å²) in [7, 11) is 0. The Balaban J connectivity index is 2.24. The molecule has 1 aromatic carbocycles. The fourth-order valence-electron chi connectivity index (χ4n) is 2.49. The number of halogens is 3. The molecule has 0 amide bonds. The van der Waals surface area contributed by atoms with Crippen LogP contribution >= 0.6 is 11.6 Å². The second-order valence-corrected chi connectivity index (χ2v) is 5.63. The molecule has 2 nitrogen and oxygen atoms in total. The molecule has 1 aliphatic heterocycles. The van der Waals surface area contributed by atoms with Gasteiger partial charge in [0.1, 0.15) is 16.9 Å². The molecule has 2 atom stereocenters. The lowest BCUT2D eigenvalue weighted by molar-refractivity contribution is 0.0924. The van der Waals surface area contributed by atoms with Crippen LogP contribution in [0.5, 0.6) is 5.75 Å². The van der Waals surface area contributed by atoms with Crippen LogP contribution in [0, 0.1) is 23.5 Å². The van der Waals surface area contributed by atoms with E-state index in [9.17, 15) is 8.78 Å². The third-order valence-electron chi connectivity index (χ3n) is 3.48. The molecular formula is C14H18ClF2NO. The Morgan fingerprint density at radius 1 is 1.32 bits per heavy atom. The molecule has 1 unspecified atom stereocenters. The van der Waals surface area contributed by atoms with Crippen LogP contribution in [0.4, 0.5) is 8.78 Å². The van der Waals surface area contributed by atoms with Gasteiger partial charge in [-0.05, 0) is 31.0 Å². The lowest BCUT2D eigenvalue weighted by Gasteiger charge is -2.28. The summed E-state index contributed by atoms with van der Waals surface area (Å²) < 4.78 is 32.9. The molecule has 1 fully saturated rings. The molecule has 1 heterocycles. The first-order chi connectivity index (χ1) is 9.00. The van der Waals surface area contributed by atoms with E-state index in [1.165, 1.54) is 0 Å². The highest BCUT2D eigenvalue weighted by Crippen LogP contribution is 2.34. The summed E-state index contributed by atoms with van der Waals surface area (Å²) in [6.45, 7) is 5.77. The molecule has 5 heteroatoms. The predicted octanol–water partition coefficient (Wildman–Crippen LogP) is 3.63. The third-order valence-corrected chi connectivity index (χ3v) is 3.83. The zero-order chi connectivity index (χ0) is 14.0. The van der Waals surface area contributed by atoms with Gasteiger partial charge in [-0.3, -0.25) is 0 Å². The fourth-order valence-corrected chi connectivity index (χ4v) is 2.68. The van der Waals surface area contributed by atoms with Crippen molar-refractivity contribution in [1.82, 2.24) is 5.32 Å². The lowest BCUT2D eigenvalue weighted by Crippen LogP contribution is -2.34. The van der Waals surface area contributed by atoms with Crippen molar-refractivity contribution in [2.45, 2.75) is 26.4 Å². The van der Waals surface area contributed by atoms with Crippen molar-refractivity contribution in [3.8, 4) is 5.75 Å². The normalized spacial score (nSPS) is 20.8. The van der Waals surface area contributed by atoms with Gasteiger partial charge in [0.05, 0.1) is 0 Å². The topological polar surface area (TPSA) is 21.3 Å². The van der Waals surface area contributed by atoms with Gasteiger partial charge >= 0.3 is 0 Å². The first-order valence-electron chi connectivity index (χ1n) is 6.51. The maximum Gasteiger partial charge on any atom is 0.176 e. The second-order valence-electron chi connectivity index (χ2n) is 5.25. The highest BCUT2D eigenvalue weighted by atomic mass is 35.5. The highest BCUT2D eigenvalue weighted by molar-refractivity contribution is 6.32. The summed E-state index contributed by atoms with van der Waals surface area (Å²) in [4.78, 5) is 0.